The van der Waals surface area contributed by atoms with Crippen molar-refractivity contribution < 1.29 is 55.6 Å². The number of phenols is 1. The molecule has 352 valence electrons. The Morgan fingerprint density at radius 2 is 1.06 bits per heavy atom. The number of hydrogen-bond acceptors (Lipinski definition) is 7. The van der Waals surface area contributed by atoms with E-state index in [2.05, 4.69) is 9.97 Å². The van der Waals surface area contributed by atoms with Crippen LogP contribution in [-0.2, 0) is 30.3 Å². The molecular weight excluding hydrogens is 980 g/mol. The van der Waals surface area contributed by atoms with Crippen molar-refractivity contribution >= 4 is 80.6 Å². The number of aromatic hydroxyl groups is 1. The van der Waals surface area contributed by atoms with Crippen molar-refractivity contribution in [3.63, 3.8) is 0 Å². The van der Waals surface area contributed by atoms with Gasteiger partial charge in [0.25, 0.3) is 0 Å². The number of rotatable bonds is 11. The van der Waals surface area contributed by atoms with E-state index >= 15 is 0 Å². The van der Waals surface area contributed by atoms with E-state index in [1.54, 1.807) is 60.7 Å². The SMILES string of the molecule is O=C(O)c1cccc(C2=C(c3cc(C(F)(F)F)ccc3O)CCC2)n1.O=C(OCc1ccc(Cl)cc1Cl)c1cccc(C2=C(c3cc(C(F)(F)F)ccc3OCc3ccc(Cl)cc3Cl)CCC2)n1. The molecule has 0 fully saturated rings. The standard InChI is InChI=1S/C32H22Cl4F3NO3.C18H14F3NO3/c33-21-10-7-18(26(35)14-21)16-42-30-12-9-20(32(37,38)39)13-25(30)23-3-1-4-24(23)28-5-2-6-29(40-28)31(41)43-17-19-8-11-22(34)15-27(19)36;19-18(20,21)10-7-8-16(23)13(9-10)11-3-1-4-12(11)14-5-2-6-15(22-14)17(24)25/h2,5-15H,1,3-4,16-17H2;2,5-9,23H,1,3-4H2,(H,24,25). The summed E-state index contributed by atoms with van der Waals surface area (Å²) < 4.78 is 91.6. The second-order valence-corrected chi connectivity index (χ2v) is 17.2. The molecule has 4 aromatic carbocycles. The third kappa shape index (κ3) is 12.0. The van der Waals surface area contributed by atoms with Crippen molar-refractivity contribution in [3.05, 3.63) is 185 Å². The number of carboxylic acids is 1. The van der Waals surface area contributed by atoms with E-state index in [1.165, 1.54) is 18.2 Å². The third-order valence-corrected chi connectivity index (χ3v) is 12.2. The van der Waals surface area contributed by atoms with Gasteiger partial charge in [0.15, 0.2) is 0 Å². The molecule has 0 saturated carbocycles. The van der Waals surface area contributed by atoms with E-state index in [1.807, 2.05) is 0 Å². The number of carbonyl (C=O) groups excluding carboxylic acids is 1. The molecular formula is C50H36Cl4F6N2O6. The normalized spacial score (nSPS) is 13.9. The molecule has 2 aliphatic carbocycles. The van der Waals surface area contributed by atoms with Gasteiger partial charge in [-0.15, -0.1) is 0 Å². The molecule has 0 amide bonds. The number of aromatic carboxylic acids is 1. The van der Waals surface area contributed by atoms with Gasteiger partial charge in [-0.1, -0.05) is 70.7 Å². The van der Waals surface area contributed by atoms with Crippen LogP contribution in [0.5, 0.6) is 11.5 Å². The smallest absolute Gasteiger partial charge is 0.416 e. The van der Waals surface area contributed by atoms with Crippen LogP contribution < -0.4 is 4.74 Å². The van der Waals surface area contributed by atoms with Crippen LogP contribution >= 0.6 is 46.4 Å². The van der Waals surface area contributed by atoms with E-state index in [-0.39, 0.29) is 41.7 Å². The number of halogens is 10. The van der Waals surface area contributed by atoms with Gasteiger partial charge in [-0.25, -0.2) is 19.6 Å². The molecule has 0 unspecified atom stereocenters. The zero-order valence-corrected chi connectivity index (χ0v) is 38.3. The molecule has 0 bridgehead atoms. The maximum absolute atomic E-state index is 13.8. The van der Waals surface area contributed by atoms with Gasteiger partial charge in [-0.3, -0.25) is 0 Å². The Labute approximate surface area is 405 Å². The second-order valence-electron chi connectivity index (χ2n) is 15.5. The molecule has 68 heavy (non-hydrogen) atoms. The minimum absolute atomic E-state index is 0.0220. The summed E-state index contributed by atoms with van der Waals surface area (Å²) in [6.07, 6.45) is -5.58. The number of aromatic nitrogens is 2. The third-order valence-electron chi connectivity index (χ3n) is 11.0. The molecule has 2 aromatic heterocycles. The lowest BCUT2D eigenvalue weighted by Gasteiger charge is -2.17. The second kappa shape index (κ2) is 21.1. The molecule has 6 aromatic rings. The number of carbonyl (C=O) groups is 2. The van der Waals surface area contributed by atoms with Gasteiger partial charge in [0, 0.05) is 42.3 Å². The lowest BCUT2D eigenvalue weighted by atomic mass is 9.97. The van der Waals surface area contributed by atoms with Gasteiger partial charge < -0.3 is 19.7 Å². The average molecular weight is 1020 g/mol. The van der Waals surface area contributed by atoms with E-state index in [4.69, 9.17) is 61.0 Å². The number of carboxylic acid groups (broad SMARTS) is 1. The van der Waals surface area contributed by atoms with Crippen molar-refractivity contribution in [2.24, 2.45) is 0 Å². The molecule has 2 N–H and O–H groups in total. The number of benzene rings is 4. The zero-order valence-electron chi connectivity index (χ0n) is 35.3. The molecule has 2 aliphatic rings. The lowest BCUT2D eigenvalue weighted by molar-refractivity contribution is -0.138. The van der Waals surface area contributed by atoms with Crippen LogP contribution in [0.15, 0.2) is 109 Å². The summed E-state index contributed by atoms with van der Waals surface area (Å²) in [4.78, 5) is 32.5. The van der Waals surface area contributed by atoms with Crippen LogP contribution in [0.4, 0.5) is 26.3 Å². The van der Waals surface area contributed by atoms with E-state index in [0.717, 1.165) is 35.9 Å². The van der Waals surface area contributed by atoms with Crippen LogP contribution in [0.1, 0.15) is 104 Å². The number of alkyl halides is 6. The average Bonchev–Trinajstić information content (AvgIpc) is 3.99. The summed E-state index contributed by atoms with van der Waals surface area (Å²) in [7, 11) is 0. The van der Waals surface area contributed by atoms with Crippen molar-refractivity contribution in [2.75, 3.05) is 0 Å². The van der Waals surface area contributed by atoms with Gasteiger partial charge in [-0.05, 0) is 146 Å². The van der Waals surface area contributed by atoms with Gasteiger partial charge in [0.1, 0.15) is 36.1 Å². The molecule has 0 radical (unpaired) electrons. The Balaban J connectivity index is 0.000000232. The number of ether oxygens (including phenoxy) is 2. The summed E-state index contributed by atoms with van der Waals surface area (Å²) in [6, 6.07) is 25.4. The Bertz CT molecular complexity index is 2970. The highest BCUT2D eigenvalue weighted by molar-refractivity contribution is 6.35. The van der Waals surface area contributed by atoms with Gasteiger partial charge in [0.05, 0.1) is 22.5 Å². The first-order chi connectivity index (χ1) is 32.3. The van der Waals surface area contributed by atoms with E-state index < -0.39 is 35.4 Å². The fourth-order valence-electron chi connectivity index (χ4n) is 7.76. The summed E-state index contributed by atoms with van der Waals surface area (Å²) in [5, 5.41) is 20.8. The fourth-order valence-corrected chi connectivity index (χ4v) is 8.68. The quantitative estimate of drug-likeness (QED) is 0.0973. The molecule has 0 saturated heterocycles. The Morgan fingerprint density at radius 1 is 0.574 bits per heavy atom. The van der Waals surface area contributed by atoms with E-state index in [9.17, 15) is 41.0 Å². The van der Waals surface area contributed by atoms with Gasteiger partial charge >= 0.3 is 24.3 Å². The first-order valence-electron chi connectivity index (χ1n) is 20.7. The van der Waals surface area contributed by atoms with Crippen LogP contribution in [0, 0.1) is 0 Å². The molecule has 18 heteroatoms. The molecule has 2 heterocycles. The van der Waals surface area contributed by atoms with E-state index in [0.29, 0.717) is 103 Å². The summed E-state index contributed by atoms with van der Waals surface area (Å²) in [5.74, 6) is -1.82. The zero-order chi connectivity index (χ0) is 48.9. The summed E-state index contributed by atoms with van der Waals surface area (Å²) in [5.41, 5.74) is 3.40. The molecule has 8 nitrogen and oxygen atoms in total. The minimum atomic E-state index is -4.55. The first kappa shape index (κ1) is 49.8. The monoisotopic (exact) mass is 1010 g/mol. The van der Waals surface area contributed by atoms with Crippen LogP contribution in [0.3, 0.4) is 0 Å². The van der Waals surface area contributed by atoms with Gasteiger partial charge in [0.2, 0.25) is 0 Å². The maximum atomic E-state index is 13.8. The highest BCUT2D eigenvalue weighted by atomic mass is 35.5. The number of nitrogens with zero attached hydrogens (tertiary/aromatic N) is 2. The van der Waals surface area contributed by atoms with Crippen molar-refractivity contribution in [1.82, 2.24) is 9.97 Å². The molecule has 8 rings (SSSR count). The fraction of sp³-hybridized carbons (Fsp3) is 0.200. The van der Waals surface area contributed by atoms with Crippen molar-refractivity contribution in [3.8, 4) is 11.5 Å². The van der Waals surface area contributed by atoms with Crippen LogP contribution in [0.2, 0.25) is 20.1 Å². The number of phenolic OH excluding ortho intramolecular Hbond substituents is 1. The number of hydrogen-bond donors (Lipinski definition) is 2. The number of esters is 1. The van der Waals surface area contributed by atoms with Crippen molar-refractivity contribution in [1.29, 1.82) is 0 Å². The summed E-state index contributed by atoms with van der Waals surface area (Å²) in [6.45, 7) is -0.0640. The number of allylic oxidation sites excluding steroid dienone is 4. The van der Waals surface area contributed by atoms with Crippen molar-refractivity contribution in [2.45, 2.75) is 64.1 Å². The largest absolute Gasteiger partial charge is 0.507 e. The highest BCUT2D eigenvalue weighted by Gasteiger charge is 2.34. The topological polar surface area (TPSA) is 119 Å². The summed E-state index contributed by atoms with van der Waals surface area (Å²) >= 11 is 24.4. The van der Waals surface area contributed by atoms with Crippen LogP contribution in [-0.4, -0.2) is 32.1 Å². The molecule has 0 spiro atoms. The minimum Gasteiger partial charge on any atom is -0.507 e. The maximum Gasteiger partial charge on any atom is 0.416 e. The lowest BCUT2D eigenvalue weighted by Crippen LogP contribution is -2.09. The highest BCUT2D eigenvalue weighted by Crippen LogP contribution is 2.46. The van der Waals surface area contributed by atoms with Gasteiger partial charge in [-0.2, -0.15) is 26.3 Å². The van der Waals surface area contributed by atoms with Crippen LogP contribution in [0.25, 0.3) is 22.3 Å². The predicted octanol–water partition coefficient (Wildman–Crippen LogP) is 15.3. The molecule has 0 atom stereocenters. The Hall–Kier alpha value is -6.06. The number of pyridine rings is 2. The Morgan fingerprint density at radius 3 is 1.60 bits per heavy atom. The first-order valence-corrected chi connectivity index (χ1v) is 22.2. The predicted molar refractivity (Wildman–Crippen MR) is 248 cm³/mol. The molecule has 0 aliphatic heterocycles. The Kier molecular flexibility index (Phi) is 15.4.